The van der Waals surface area contributed by atoms with Crippen LogP contribution >= 0.6 is 0 Å². The van der Waals surface area contributed by atoms with Crippen LogP contribution in [0.4, 0.5) is 10.2 Å². The van der Waals surface area contributed by atoms with Crippen LogP contribution in [-0.4, -0.2) is 23.6 Å². The standard InChI is InChI=1S/C20H20FN3O2S/c1-13(2)27(25,26)12-15-5-3-4-6-16(15)14-7-8-17(18(21)9-14)19-10-24-20(22)11-23-19/h3-11,13H,12H2,1-2H3,(H2,22,24). The summed E-state index contributed by atoms with van der Waals surface area (Å²) in [6, 6.07) is 11.9. The molecule has 0 aliphatic heterocycles. The Hall–Kier alpha value is -2.80. The Labute approximate surface area is 158 Å². The fourth-order valence-corrected chi connectivity index (χ4v) is 3.70. The van der Waals surface area contributed by atoms with Gasteiger partial charge in [-0.15, -0.1) is 0 Å². The van der Waals surface area contributed by atoms with Gasteiger partial charge in [0.2, 0.25) is 0 Å². The first kappa shape index (κ1) is 19.0. The van der Waals surface area contributed by atoms with Crippen molar-refractivity contribution >= 4 is 15.7 Å². The van der Waals surface area contributed by atoms with Gasteiger partial charge in [-0.25, -0.2) is 17.8 Å². The second-order valence-electron chi connectivity index (χ2n) is 6.53. The van der Waals surface area contributed by atoms with Gasteiger partial charge in [0.1, 0.15) is 11.6 Å². The Morgan fingerprint density at radius 1 is 1.04 bits per heavy atom. The van der Waals surface area contributed by atoms with Gasteiger partial charge in [-0.3, -0.25) is 4.98 Å². The molecule has 0 aliphatic rings. The molecule has 27 heavy (non-hydrogen) atoms. The van der Waals surface area contributed by atoms with Gasteiger partial charge in [-0.1, -0.05) is 30.3 Å². The average molecular weight is 385 g/mol. The fourth-order valence-electron chi connectivity index (χ4n) is 2.68. The maximum absolute atomic E-state index is 14.7. The first-order chi connectivity index (χ1) is 12.8. The monoisotopic (exact) mass is 385 g/mol. The lowest BCUT2D eigenvalue weighted by atomic mass is 9.98. The number of benzene rings is 2. The van der Waals surface area contributed by atoms with E-state index < -0.39 is 20.9 Å². The largest absolute Gasteiger partial charge is 0.382 e. The highest BCUT2D eigenvalue weighted by Gasteiger charge is 2.19. The van der Waals surface area contributed by atoms with E-state index in [4.69, 9.17) is 5.73 Å². The minimum atomic E-state index is -3.27. The van der Waals surface area contributed by atoms with Crippen molar-refractivity contribution in [2.45, 2.75) is 24.9 Å². The van der Waals surface area contributed by atoms with Crippen LogP contribution in [0.3, 0.4) is 0 Å². The predicted octanol–water partition coefficient (Wildman–Crippen LogP) is 3.86. The van der Waals surface area contributed by atoms with Crippen LogP contribution in [-0.2, 0) is 15.6 Å². The molecule has 0 saturated carbocycles. The molecule has 2 aromatic carbocycles. The second kappa shape index (κ2) is 7.44. The van der Waals surface area contributed by atoms with Crippen LogP contribution in [0.5, 0.6) is 0 Å². The van der Waals surface area contributed by atoms with E-state index in [0.29, 0.717) is 27.9 Å². The molecule has 7 heteroatoms. The fraction of sp³-hybridized carbons (Fsp3) is 0.200. The van der Waals surface area contributed by atoms with Crippen LogP contribution in [0, 0.1) is 5.82 Å². The number of rotatable bonds is 5. The first-order valence-electron chi connectivity index (χ1n) is 8.45. The molecule has 0 fully saturated rings. The smallest absolute Gasteiger partial charge is 0.156 e. The highest BCUT2D eigenvalue weighted by Crippen LogP contribution is 2.30. The minimum Gasteiger partial charge on any atom is -0.382 e. The Kier molecular flexibility index (Phi) is 5.23. The third-order valence-corrected chi connectivity index (χ3v) is 6.47. The zero-order valence-corrected chi connectivity index (χ0v) is 15.9. The molecular weight excluding hydrogens is 365 g/mol. The molecule has 3 rings (SSSR count). The zero-order chi connectivity index (χ0) is 19.6. The van der Waals surface area contributed by atoms with Crippen LogP contribution in [0.1, 0.15) is 19.4 Å². The van der Waals surface area contributed by atoms with Crippen molar-refractivity contribution in [2.24, 2.45) is 0 Å². The predicted molar refractivity (Wildman–Crippen MR) is 105 cm³/mol. The molecule has 0 radical (unpaired) electrons. The highest BCUT2D eigenvalue weighted by atomic mass is 32.2. The van der Waals surface area contributed by atoms with E-state index in [-0.39, 0.29) is 11.6 Å². The number of halogens is 1. The van der Waals surface area contributed by atoms with Crippen molar-refractivity contribution in [2.75, 3.05) is 5.73 Å². The number of aromatic nitrogens is 2. The molecule has 1 aromatic heterocycles. The van der Waals surface area contributed by atoms with Crippen molar-refractivity contribution in [1.82, 2.24) is 9.97 Å². The summed E-state index contributed by atoms with van der Waals surface area (Å²) >= 11 is 0. The van der Waals surface area contributed by atoms with Crippen molar-refractivity contribution in [3.05, 3.63) is 66.2 Å². The Morgan fingerprint density at radius 3 is 2.41 bits per heavy atom. The van der Waals surface area contributed by atoms with Gasteiger partial charge >= 0.3 is 0 Å². The normalized spacial score (nSPS) is 11.7. The van der Waals surface area contributed by atoms with E-state index >= 15 is 0 Å². The lowest BCUT2D eigenvalue weighted by Gasteiger charge is -2.13. The number of hydrogen-bond donors (Lipinski definition) is 1. The molecule has 1 heterocycles. The molecule has 0 bridgehead atoms. The summed E-state index contributed by atoms with van der Waals surface area (Å²) in [5.41, 5.74) is 8.14. The zero-order valence-electron chi connectivity index (χ0n) is 15.1. The van der Waals surface area contributed by atoms with Gasteiger partial charge in [0.25, 0.3) is 0 Å². The maximum atomic E-state index is 14.7. The Morgan fingerprint density at radius 2 is 1.78 bits per heavy atom. The molecule has 0 aliphatic carbocycles. The van der Waals surface area contributed by atoms with Crippen molar-refractivity contribution in [3.8, 4) is 22.4 Å². The quantitative estimate of drug-likeness (QED) is 0.721. The van der Waals surface area contributed by atoms with E-state index in [2.05, 4.69) is 9.97 Å². The van der Waals surface area contributed by atoms with E-state index in [9.17, 15) is 12.8 Å². The molecular formula is C20H20FN3O2S. The van der Waals surface area contributed by atoms with Gasteiger partial charge in [-0.05, 0) is 42.7 Å². The summed E-state index contributed by atoms with van der Waals surface area (Å²) in [4.78, 5) is 8.02. The molecule has 0 amide bonds. The maximum Gasteiger partial charge on any atom is 0.156 e. The Bertz CT molecular complexity index is 1060. The molecule has 0 saturated heterocycles. The van der Waals surface area contributed by atoms with Gasteiger partial charge in [0, 0.05) is 5.56 Å². The number of nitrogens with two attached hydrogens (primary N) is 1. The molecule has 140 valence electrons. The molecule has 0 unspecified atom stereocenters. The summed E-state index contributed by atoms with van der Waals surface area (Å²) in [5.74, 6) is -0.294. The molecule has 3 aromatic rings. The molecule has 5 nitrogen and oxygen atoms in total. The summed E-state index contributed by atoms with van der Waals surface area (Å²) in [6.45, 7) is 3.31. The van der Waals surface area contributed by atoms with Crippen molar-refractivity contribution in [1.29, 1.82) is 0 Å². The van der Waals surface area contributed by atoms with E-state index in [1.165, 1.54) is 18.5 Å². The summed E-state index contributed by atoms with van der Waals surface area (Å²) in [5, 5.41) is -0.478. The third kappa shape index (κ3) is 4.14. The highest BCUT2D eigenvalue weighted by molar-refractivity contribution is 7.91. The van der Waals surface area contributed by atoms with Gasteiger partial charge < -0.3 is 5.73 Å². The minimum absolute atomic E-state index is 0.0896. The average Bonchev–Trinajstić information content (AvgIpc) is 2.62. The van der Waals surface area contributed by atoms with Crippen LogP contribution in [0.2, 0.25) is 0 Å². The first-order valence-corrected chi connectivity index (χ1v) is 10.2. The number of anilines is 1. The van der Waals surface area contributed by atoms with Gasteiger partial charge in [0.05, 0.1) is 29.1 Å². The SMILES string of the molecule is CC(C)S(=O)(=O)Cc1ccccc1-c1ccc(-c2cnc(N)cn2)c(F)c1. The lowest BCUT2D eigenvalue weighted by Crippen LogP contribution is -2.16. The van der Waals surface area contributed by atoms with Crippen LogP contribution < -0.4 is 5.73 Å². The van der Waals surface area contributed by atoms with Crippen LogP contribution in [0.15, 0.2) is 54.9 Å². The lowest BCUT2D eigenvalue weighted by molar-refractivity contribution is 0.586. The topological polar surface area (TPSA) is 85.9 Å². The summed E-state index contributed by atoms with van der Waals surface area (Å²) in [6.07, 6.45) is 2.78. The number of nitrogen functional groups attached to an aromatic ring is 1. The van der Waals surface area contributed by atoms with E-state index in [0.717, 1.165) is 0 Å². The number of hydrogen-bond acceptors (Lipinski definition) is 5. The molecule has 2 N–H and O–H groups in total. The van der Waals surface area contributed by atoms with Crippen LogP contribution in [0.25, 0.3) is 22.4 Å². The second-order valence-corrected chi connectivity index (χ2v) is 9.09. The van der Waals surface area contributed by atoms with Crippen molar-refractivity contribution < 1.29 is 12.8 Å². The molecule has 0 atom stereocenters. The van der Waals surface area contributed by atoms with Crippen molar-refractivity contribution in [3.63, 3.8) is 0 Å². The number of sulfone groups is 1. The molecule has 0 spiro atoms. The van der Waals surface area contributed by atoms with Gasteiger partial charge in [-0.2, -0.15) is 0 Å². The van der Waals surface area contributed by atoms with E-state index in [1.807, 2.05) is 0 Å². The summed E-state index contributed by atoms with van der Waals surface area (Å²) < 4.78 is 39.3. The van der Waals surface area contributed by atoms with Gasteiger partial charge in [0.15, 0.2) is 9.84 Å². The number of nitrogens with zero attached hydrogens (tertiary/aromatic N) is 2. The summed E-state index contributed by atoms with van der Waals surface area (Å²) in [7, 11) is -3.27. The third-order valence-electron chi connectivity index (χ3n) is 4.32. The Balaban J connectivity index is 2.01. The van der Waals surface area contributed by atoms with E-state index in [1.54, 1.807) is 50.2 Å².